The van der Waals surface area contributed by atoms with E-state index in [2.05, 4.69) is 25.5 Å². The summed E-state index contributed by atoms with van der Waals surface area (Å²) in [5.41, 5.74) is 1.78. The topological polar surface area (TPSA) is 69.4 Å². The summed E-state index contributed by atoms with van der Waals surface area (Å²) < 4.78 is 0. The van der Waals surface area contributed by atoms with Gasteiger partial charge in [0, 0.05) is 7.05 Å². The molecule has 0 fully saturated rings. The van der Waals surface area contributed by atoms with Gasteiger partial charge in [-0.2, -0.15) is 0 Å². The third-order valence-corrected chi connectivity index (χ3v) is 1.39. The molecular weight excluding hydrogens is 130 g/mol. The number of rotatable bonds is 1. The van der Waals surface area contributed by atoms with Crippen LogP contribution in [0.15, 0.2) is 6.33 Å². The first-order valence-electron chi connectivity index (χ1n) is 2.96. The van der Waals surface area contributed by atoms with Gasteiger partial charge in [0.1, 0.15) is 11.8 Å². The molecule has 2 heterocycles. The molecule has 0 saturated heterocycles. The van der Waals surface area contributed by atoms with E-state index in [1.165, 1.54) is 6.33 Å². The number of nitrogens with zero attached hydrogens (tertiary/aromatic N) is 2. The van der Waals surface area contributed by atoms with E-state index in [0.717, 1.165) is 17.0 Å². The molecule has 3 N–H and O–H groups in total. The third-order valence-electron chi connectivity index (χ3n) is 1.39. The van der Waals surface area contributed by atoms with Crippen LogP contribution in [0.2, 0.25) is 0 Å². The number of hydrogen-bond acceptors (Lipinski definition) is 3. The van der Waals surface area contributed by atoms with E-state index < -0.39 is 0 Å². The maximum absolute atomic E-state index is 3.98. The largest absolute Gasteiger partial charge is 0.371 e. The standard InChI is InChI=1S/C5H7N5/c1-6-4-3-5(10-9-3)8-2-7-4/h2,9H,1H3,(H2,6,7,8,10). The summed E-state index contributed by atoms with van der Waals surface area (Å²) in [5.74, 6) is 0.823. The first kappa shape index (κ1) is 5.28. The highest BCUT2D eigenvalue weighted by Crippen LogP contribution is 2.13. The van der Waals surface area contributed by atoms with Crippen molar-refractivity contribution in [1.29, 1.82) is 0 Å². The number of H-pyrrole nitrogens is 2. The normalized spacial score (nSPS) is 10.5. The lowest BCUT2D eigenvalue weighted by atomic mass is 10.5. The summed E-state index contributed by atoms with van der Waals surface area (Å²) >= 11 is 0. The lowest BCUT2D eigenvalue weighted by Crippen LogP contribution is -2.01. The fourth-order valence-corrected chi connectivity index (χ4v) is 0.848. The van der Waals surface area contributed by atoms with Crippen LogP contribution >= 0.6 is 0 Å². The van der Waals surface area contributed by atoms with Gasteiger partial charge in [-0.05, 0) is 0 Å². The van der Waals surface area contributed by atoms with Crippen LogP contribution in [0.5, 0.6) is 0 Å². The zero-order valence-electron chi connectivity index (χ0n) is 5.47. The van der Waals surface area contributed by atoms with Gasteiger partial charge < -0.3 is 5.32 Å². The molecule has 52 valence electrons. The average Bonchev–Trinajstić information content (AvgIpc) is 1.91. The highest BCUT2D eigenvalue weighted by atomic mass is 15.2. The number of aromatic nitrogens is 4. The van der Waals surface area contributed by atoms with E-state index in [1.54, 1.807) is 0 Å². The molecule has 0 saturated carbocycles. The van der Waals surface area contributed by atoms with Gasteiger partial charge in [0.05, 0.1) is 0 Å². The van der Waals surface area contributed by atoms with Crippen molar-refractivity contribution in [3.8, 4) is 0 Å². The molecule has 0 aliphatic rings. The quantitative estimate of drug-likeness (QED) is 0.530. The Morgan fingerprint density at radius 2 is 2.30 bits per heavy atom. The summed E-state index contributed by atoms with van der Waals surface area (Å²) in [7, 11) is 1.82. The van der Waals surface area contributed by atoms with E-state index in [1.807, 2.05) is 7.05 Å². The zero-order chi connectivity index (χ0) is 6.97. The lowest BCUT2D eigenvalue weighted by molar-refractivity contribution is 1.00. The second-order valence-corrected chi connectivity index (χ2v) is 1.95. The Kier molecular flexibility index (Phi) is 0.913. The van der Waals surface area contributed by atoms with Gasteiger partial charge in [-0.1, -0.05) is 0 Å². The predicted molar refractivity (Wildman–Crippen MR) is 37.8 cm³/mol. The van der Waals surface area contributed by atoms with Crippen LogP contribution in [0.4, 0.5) is 5.82 Å². The van der Waals surface area contributed by atoms with Crippen LogP contribution in [0, 0.1) is 0 Å². The van der Waals surface area contributed by atoms with Crippen LogP contribution in [0.3, 0.4) is 0 Å². The minimum Gasteiger partial charge on any atom is -0.371 e. The van der Waals surface area contributed by atoms with Crippen LogP contribution in [-0.4, -0.2) is 27.2 Å². The molecule has 0 amide bonds. The van der Waals surface area contributed by atoms with Gasteiger partial charge in [0.15, 0.2) is 11.5 Å². The minimum absolute atomic E-state index is 0.823. The second-order valence-electron chi connectivity index (χ2n) is 1.95. The summed E-state index contributed by atoms with van der Waals surface area (Å²) in [6.45, 7) is 0. The second kappa shape index (κ2) is 1.73. The monoisotopic (exact) mass is 137 g/mol. The molecule has 2 rings (SSSR count). The molecule has 0 aliphatic heterocycles. The molecule has 10 heavy (non-hydrogen) atoms. The molecule has 0 radical (unpaired) electrons. The van der Waals surface area contributed by atoms with Crippen molar-refractivity contribution >= 4 is 17.0 Å². The van der Waals surface area contributed by atoms with Gasteiger partial charge in [-0.15, -0.1) is 0 Å². The van der Waals surface area contributed by atoms with Crippen molar-refractivity contribution in [3.05, 3.63) is 6.33 Å². The molecule has 2 aromatic rings. The average molecular weight is 137 g/mol. The number of nitrogens with one attached hydrogen (secondary N) is 3. The smallest absolute Gasteiger partial charge is 0.175 e. The van der Waals surface area contributed by atoms with Crippen molar-refractivity contribution in [2.75, 3.05) is 12.4 Å². The van der Waals surface area contributed by atoms with Gasteiger partial charge in [-0.25, -0.2) is 9.97 Å². The molecule has 0 bridgehead atoms. The van der Waals surface area contributed by atoms with Crippen LogP contribution in [0.25, 0.3) is 11.2 Å². The van der Waals surface area contributed by atoms with Crippen molar-refractivity contribution in [2.45, 2.75) is 0 Å². The number of fused-ring (bicyclic) bond motifs is 1. The number of anilines is 1. The SMILES string of the molecule is CNc1ncnc2[nH][nH]c12. The molecule has 0 aromatic carbocycles. The Balaban J connectivity index is 2.67. The Morgan fingerprint density at radius 1 is 1.40 bits per heavy atom. The van der Waals surface area contributed by atoms with E-state index >= 15 is 0 Å². The van der Waals surface area contributed by atoms with Gasteiger partial charge in [0.2, 0.25) is 0 Å². The Morgan fingerprint density at radius 3 is 2.80 bits per heavy atom. The van der Waals surface area contributed by atoms with E-state index in [4.69, 9.17) is 0 Å². The fourth-order valence-electron chi connectivity index (χ4n) is 0.848. The van der Waals surface area contributed by atoms with E-state index in [9.17, 15) is 0 Å². The van der Waals surface area contributed by atoms with Crippen molar-refractivity contribution in [2.24, 2.45) is 0 Å². The van der Waals surface area contributed by atoms with E-state index in [-0.39, 0.29) is 0 Å². The summed E-state index contributed by atoms with van der Waals surface area (Å²) in [4.78, 5) is 7.93. The summed E-state index contributed by atoms with van der Waals surface area (Å²) in [6.07, 6.45) is 1.51. The van der Waals surface area contributed by atoms with Crippen LogP contribution in [-0.2, 0) is 0 Å². The molecule has 5 nitrogen and oxygen atoms in total. The minimum atomic E-state index is 0.823. The Labute approximate surface area is 56.9 Å². The third kappa shape index (κ3) is 0.513. The maximum Gasteiger partial charge on any atom is 0.175 e. The van der Waals surface area contributed by atoms with Gasteiger partial charge in [-0.3, -0.25) is 10.2 Å². The summed E-state index contributed by atoms with van der Waals surface area (Å²) in [5, 5.41) is 8.63. The van der Waals surface area contributed by atoms with Gasteiger partial charge in [0.25, 0.3) is 0 Å². The Bertz CT molecular complexity index is 332. The van der Waals surface area contributed by atoms with Gasteiger partial charge >= 0.3 is 0 Å². The van der Waals surface area contributed by atoms with Crippen molar-refractivity contribution in [3.63, 3.8) is 0 Å². The maximum atomic E-state index is 3.98. The fraction of sp³-hybridized carbons (Fsp3) is 0.200. The van der Waals surface area contributed by atoms with E-state index in [0.29, 0.717) is 0 Å². The molecule has 0 spiro atoms. The lowest BCUT2D eigenvalue weighted by Gasteiger charge is -2.05. The molecule has 5 heteroatoms. The predicted octanol–water partition coefficient (Wildman–Crippen LogP) is 0.328. The van der Waals surface area contributed by atoms with Crippen LogP contribution < -0.4 is 5.32 Å². The molecule has 2 aromatic heterocycles. The molecule has 0 atom stereocenters. The summed E-state index contributed by atoms with van der Waals surface area (Å²) in [6, 6.07) is 0. The first-order chi connectivity index (χ1) is 4.92. The van der Waals surface area contributed by atoms with Crippen molar-refractivity contribution in [1.82, 2.24) is 20.2 Å². The van der Waals surface area contributed by atoms with Crippen molar-refractivity contribution < 1.29 is 0 Å². The number of hydrogen-bond donors (Lipinski definition) is 3. The van der Waals surface area contributed by atoms with Crippen LogP contribution in [0.1, 0.15) is 0 Å². The molecular formula is C5H7N5. The highest BCUT2D eigenvalue weighted by molar-refractivity contribution is 5.82. The molecule has 0 unspecified atom stereocenters. The Hall–Kier alpha value is -1.52. The molecule has 0 aliphatic carbocycles. The first-order valence-corrected chi connectivity index (χ1v) is 2.96. The highest BCUT2D eigenvalue weighted by Gasteiger charge is 2.02. The zero-order valence-corrected chi connectivity index (χ0v) is 5.47. The number of aromatic amines is 2.